The molecule has 3 rings (SSSR count). The first-order valence-electron chi connectivity index (χ1n) is 15.9. The molecule has 1 aliphatic carbocycles. The van der Waals surface area contributed by atoms with E-state index in [0.717, 1.165) is 24.4 Å². The Morgan fingerprint density at radius 3 is 2.15 bits per heavy atom. The second-order valence-corrected chi connectivity index (χ2v) is 17.8. The van der Waals surface area contributed by atoms with Crippen LogP contribution in [0.5, 0.6) is 0 Å². The van der Waals surface area contributed by atoms with E-state index >= 15 is 0 Å². The predicted molar refractivity (Wildman–Crippen MR) is 173 cm³/mol. The van der Waals surface area contributed by atoms with Gasteiger partial charge in [-0.15, -0.1) is 0 Å². The van der Waals surface area contributed by atoms with E-state index in [1.54, 1.807) is 6.92 Å². The first-order valence-corrected chi connectivity index (χ1v) is 19.2. The minimum atomic E-state index is -1.84. The molecule has 0 aliphatic heterocycles. The van der Waals surface area contributed by atoms with E-state index in [1.165, 1.54) is 73.2 Å². The van der Waals surface area contributed by atoms with Crippen molar-refractivity contribution in [3.8, 4) is 0 Å². The molecule has 1 saturated carbocycles. The lowest BCUT2D eigenvalue weighted by Crippen LogP contribution is -2.43. The van der Waals surface area contributed by atoms with E-state index in [2.05, 4.69) is 69.1 Å². The number of ether oxygens (including phenoxy) is 1. The van der Waals surface area contributed by atoms with Crippen LogP contribution in [0.4, 0.5) is 0 Å². The topological polar surface area (TPSA) is 66.8 Å². The number of unbranched alkanes of at least 4 members (excludes halogenated alkanes) is 2. The molecule has 4 nitrogen and oxygen atoms in total. The van der Waals surface area contributed by atoms with Crippen LogP contribution in [-0.4, -0.2) is 37.5 Å². The summed E-state index contributed by atoms with van der Waals surface area (Å²) in [6.45, 7) is 12.8. The fourth-order valence-corrected chi connectivity index (χ4v) is 9.32. The normalized spacial score (nSPS) is 17.5. The zero-order valence-corrected chi connectivity index (χ0v) is 27.1. The van der Waals surface area contributed by atoms with Gasteiger partial charge < -0.3 is 14.9 Å². The Labute approximate surface area is 250 Å². The summed E-state index contributed by atoms with van der Waals surface area (Å²) in [7, 11) is -1.84. The highest BCUT2D eigenvalue weighted by molar-refractivity contribution is 6.90. The summed E-state index contributed by atoms with van der Waals surface area (Å²) in [5.41, 5.74) is 5.87. The van der Waals surface area contributed by atoms with Crippen molar-refractivity contribution in [3.63, 3.8) is 0 Å². The minimum absolute atomic E-state index is 0.0297. The molecular weight excluding hydrogens is 524 g/mol. The third kappa shape index (κ3) is 9.94. The number of rotatable bonds is 16. The fourth-order valence-electron chi connectivity index (χ4n) is 6.42. The summed E-state index contributed by atoms with van der Waals surface area (Å²) >= 11 is 0. The average molecular weight is 579 g/mol. The molecule has 0 radical (unpaired) electrons. The number of carbonyl (C=O) groups excluding carboxylic acids is 1. The third-order valence-corrected chi connectivity index (χ3v) is 12.8. The number of esters is 1. The molecule has 0 spiro atoms. The number of hydrogen-bond donors (Lipinski definition) is 2. The zero-order valence-electron chi connectivity index (χ0n) is 26.1. The van der Waals surface area contributed by atoms with E-state index in [0.29, 0.717) is 17.4 Å². The van der Waals surface area contributed by atoms with Gasteiger partial charge in [0, 0.05) is 24.7 Å². The van der Waals surface area contributed by atoms with Gasteiger partial charge in [0.25, 0.3) is 0 Å². The number of aliphatic hydroxyl groups is 2. The number of aliphatic hydroxyl groups excluding tert-OH is 2. The summed E-state index contributed by atoms with van der Waals surface area (Å²) in [4.78, 5) is 12.3. The zero-order chi connectivity index (χ0) is 29.8. The van der Waals surface area contributed by atoms with Crippen LogP contribution in [0.1, 0.15) is 106 Å². The van der Waals surface area contributed by atoms with Crippen LogP contribution in [-0.2, 0) is 22.6 Å². The first kappa shape index (κ1) is 33.3. The second-order valence-electron chi connectivity index (χ2n) is 13.0. The van der Waals surface area contributed by atoms with Crippen LogP contribution in [0.15, 0.2) is 54.6 Å². The molecule has 1 fully saturated rings. The van der Waals surface area contributed by atoms with Crippen molar-refractivity contribution < 1.29 is 19.7 Å². The maximum atomic E-state index is 12.3. The largest absolute Gasteiger partial charge is 0.457 e. The number of benzene rings is 2. The van der Waals surface area contributed by atoms with Crippen molar-refractivity contribution in [1.82, 2.24) is 0 Å². The van der Waals surface area contributed by atoms with Crippen LogP contribution in [0, 0.1) is 5.92 Å². The SMILES string of the molecule is C=C(C)C(=O)OCc1cc(C2CCC(c3ccc(CCCCC)cc3)CC2)ccc1[Si](C)(C)CCCC(CO)CO. The minimum Gasteiger partial charge on any atom is -0.457 e. The van der Waals surface area contributed by atoms with Gasteiger partial charge in [0.15, 0.2) is 0 Å². The highest BCUT2D eigenvalue weighted by atomic mass is 28.3. The van der Waals surface area contributed by atoms with E-state index < -0.39 is 8.07 Å². The molecule has 1 aliphatic rings. The summed E-state index contributed by atoms with van der Waals surface area (Å²) in [5, 5.41) is 20.3. The molecule has 226 valence electrons. The lowest BCUT2D eigenvalue weighted by Gasteiger charge is -2.31. The Morgan fingerprint density at radius 2 is 1.56 bits per heavy atom. The quantitative estimate of drug-likeness (QED) is 0.0924. The third-order valence-electron chi connectivity index (χ3n) is 9.21. The number of carbonyl (C=O) groups is 1. The lowest BCUT2D eigenvalue weighted by molar-refractivity contribution is -0.140. The van der Waals surface area contributed by atoms with Gasteiger partial charge in [-0.2, -0.15) is 0 Å². The smallest absolute Gasteiger partial charge is 0.333 e. The van der Waals surface area contributed by atoms with Crippen molar-refractivity contribution >= 4 is 19.2 Å². The van der Waals surface area contributed by atoms with Crippen molar-refractivity contribution in [2.24, 2.45) is 5.92 Å². The van der Waals surface area contributed by atoms with Gasteiger partial charge in [0.1, 0.15) is 6.61 Å². The Kier molecular flexibility index (Phi) is 13.3. The van der Waals surface area contributed by atoms with Crippen molar-refractivity contribution in [3.05, 3.63) is 76.9 Å². The summed E-state index contributed by atoms with van der Waals surface area (Å²) in [6, 6.07) is 17.4. The van der Waals surface area contributed by atoms with E-state index in [-0.39, 0.29) is 31.7 Å². The van der Waals surface area contributed by atoms with Crippen LogP contribution in [0.25, 0.3) is 0 Å². The van der Waals surface area contributed by atoms with Gasteiger partial charge in [-0.3, -0.25) is 0 Å². The molecule has 2 aromatic rings. The fraction of sp³-hybridized carbons (Fsp3) is 0.583. The second kappa shape index (κ2) is 16.4. The molecule has 0 atom stereocenters. The van der Waals surface area contributed by atoms with Crippen molar-refractivity contribution in [2.75, 3.05) is 13.2 Å². The highest BCUT2D eigenvalue weighted by Gasteiger charge is 2.29. The average Bonchev–Trinajstić information content (AvgIpc) is 2.98. The molecule has 0 heterocycles. The maximum absolute atomic E-state index is 12.3. The van der Waals surface area contributed by atoms with E-state index in [4.69, 9.17) is 4.74 Å². The van der Waals surface area contributed by atoms with Gasteiger partial charge in [0.05, 0.1) is 8.07 Å². The van der Waals surface area contributed by atoms with Crippen molar-refractivity contribution in [1.29, 1.82) is 0 Å². The van der Waals surface area contributed by atoms with Gasteiger partial charge in [-0.1, -0.05) is 99.6 Å². The molecular formula is C36H54O4Si. The van der Waals surface area contributed by atoms with Crippen LogP contribution < -0.4 is 5.19 Å². The summed E-state index contributed by atoms with van der Waals surface area (Å²) < 4.78 is 5.68. The molecule has 2 N–H and O–H groups in total. The molecule has 0 saturated heterocycles. The molecule has 41 heavy (non-hydrogen) atoms. The molecule has 0 bridgehead atoms. The van der Waals surface area contributed by atoms with Gasteiger partial charge in [-0.05, 0) is 86.0 Å². The van der Waals surface area contributed by atoms with Gasteiger partial charge in [-0.25, -0.2) is 4.79 Å². The Balaban J connectivity index is 1.69. The van der Waals surface area contributed by atoms with Gasteiger partial charge >= 0.3 is 5.97 Å². The molecule has 0 amide bonds. The molecule has 5 heteroatoms. The summed E-state index contributed by atoms with van der Waals surface area (Å²) in [5.74, 6) is 0.784. The first-order chi connectivity index (χ1) is 19.7. The number of hydrogen-bond acceptors (Lipinski definition) is 4. The van der Waals surface area contributed by atoms with E-state index in [9.17, 15) is 15.0 Å². The summed E-state index contributed by atoms with van der Waals surface area (Å²) in [6.07, 6.45) is 11.6. The molecule has 0 aromatic heterocycles. The Bertz CT molecular complexity index is 1100. The lowest BCUT2D eigenvalue weighted by atomic mass is 9.76. The maximum Gasteiger partial charge on any atom is 0.333 e. The highest BCUT2D eigenvalue weighted by Crippen LogP contribution is 2.41. The van der Waals surface area contributed by atoms with Crippen LogP contribution >= 0.6 is 0 Å². The monoisotopic (exact) mass is 578 g/mol. The Hall–Kier alpha value is -2.21. The number of aryl methyl sites for hydroxylation is 1. The standard InChI is InChI=1S/C36H54O4Si/c1-6-7-8-10-28-12-14-30(15-13-28)31-16-18-32(19-17-31)33-20-21-35(34(23-33)26-40-36(39)27(2)3)41(4,5)22-9-11-29(24-37)25-38/h12-15,20-21,23,29,31-32,37-38H,2,6-11,16-19,22,24-26H2,1,3-5H3. The van der Waals surface area contributed by atoms with Crippen molar-refractivity contribution in [2.45, 2.75) is 116 Å². The van der Waals surface area contributed by atoms with E-state index in [1.807, 2.05) is 0 Å². The Morgan fingerprint density at radius 1 is 0.951 bits per heavy atom. The molecule has 0 unspecified atom stereocenters. The predicted octanol–water partition coefficient (Wildman–Crippen LogP) is 7.78. The van der Waals surface area contributed by atoms with Gasteiger partial charge in [0.2, 0.25) is 0 Å². The van der Waals surface area contributed by atoms with Crippen LogP contribution in [0.3, 0.4) is 0 Å². The van der Waals surface area contributed by atoms with Crippen LogP contribution in [0.2, 0.25) is 19.1 Å². The molecule has 2 aromatic carbocycles.